The Balaban J connectivity index is 1.24. The standard InChI is InChI=1S/C25H25FN4O3/c1-15-13-28(14-27-15)20-6-7-21-25(32)29(11-12-30(21)24(20)31)19-8-10-23(19)33-22-9-5-18(26)16-3-2-4-17(16)22/h5-7,9,13-14,19,23H,2-4,8,10-12H2,1H3. The fraction of sp³-hybridized carbons (Fsp3) is 0.400. The van der Waals surface area contributed by atoms with E-state index in [1.54, 1.807) is 39.9 Å². The number of fused-ring (bicyclic) bond motifs is 2. The number of pyridine rings is 1. The second-order valence-corrected chi connectivity index (χ2v) is 9.14. The summed E-state index contributed by atoms with van der Waals surface area (Å²) in [5, 5.41) is 0. The fourth-order valence-corrected chi connectivity index (χ4v) is 5.35. The van der Waals surface area contributed by atoms with Crippen molar-refractivity contribution in [1.82, 2.24) is 19.0 Å². The molecular formula is C25H25FN4O3. The molecule has 8 heteroatoms. The van der Waals surface area contributed by atoms with Gasteiger partial charge in [-0.15, -0.1) is 0 Å². The third kappa shape index (κ3) is 3.19. The zero-order valence-electron chi connectivity index (χ0n) is 18.5. The third-order valence-corrected chi connectivity index (χ3v) is 7.23. The summed E-state index contributed by atoms with van der Waals surface area (Å²) in [7, 11) is 0. The van der Waals surface area contributed by atoms with Crippen LogP contribution in [0.25, 0.3) is 5.69 Å². The van der Waals surface area contributed by atoms with Crippen molar-refractivity contribution in [1.29, 1.82) is 0 Å². The normalized spacial score (nSPS) is 21.5. The number of amides is 1. The second kappa shape index (κ2) is 7.57. The minimum Gasteiger partial charge on any atom is -0.488 e. The molecule has 2 unspecified atom stereocenters. The van der Waals surface area contributed by atoms with Gasteiger partial charge in [0.05, 0.1) is 18.1 Å². The number of benzene rings is 1. The molecule has 2 aromatic heterocycles. The van der Waals surface area contributed by atoms with Crippen molar-refractivity contribution in [3.8, 4) is 11.4 Å². The molecule has 2 atom stereocenters. The lowest BCUT2D eigenvalue weighted by Crippen LogP contribution is -2.58. The van der Waals surface area contributed by atoms with E-state index in [-0.39, 0.29) is 29.4 Å². The van der Waals surface area contributed by atoms with Gasteiger partial charge in [-0.05, 0) is 68.9 Å². The maximum absolute atomic E-state index is 14.1. The lowest BCUT2D eigenvalue weighted by Gasteiger charge is -2.45. The van der Waals surface area contributed by atoms with E-state index < -0.39 is 0 Å². The van der Waals surface area contributed by atoms with Gasteiger partial charge in [0.15, 0.2) is 0 Å². The monoisotopic (exact) mass is 448 g/mol. The van der Waals surface area contributed by atoms with E-state index in [0.717, 1.165) is 54.7 Å². The summed E-state index contributed by atoms with van der Waals surface area (Å²) in [5.74, 6) is 0.452. The van der Waals surface area contributed by atoms with Gasteiger partial charge in [0, 0.05) is 24.8 Å². The molecule has 0 radical (unpaired) electrons. The number of carbonyl (C=O) groups excluding carboxylic acids is 1. The highest BCUT2D eigenvalue weighted by molar-refractivity contribution is 5.93. The van der Waals surface area contributed by atoms with Crippen LogP contribution in [-0.4, -0.2) is 43.6 Å². The fourth-order valence-electron chi connectivity index (χ4n) is 5.35. The summed E-state index contributed by atoms with van der Waals surface area (Å²) in [6, 6.07) is 6.58. The summed E-state index contributed by atoms with van der Waals surface area (Å²) in [4.78, 5) is 32.4. The molecule has 0 saturated heterocycles. The van der Waals surface area contributed by atoms with E-state index in [1.807, 2.05) is 11.8 Å². The van der Waals surface area contributed by atoms with E-state index in [9.17, 15) is 14.0 Å². The number of imidazole rings is 1. The highest BCUT2D eigenvalue weighted by atomic mass is 19.1. The molecule has 0 N–H and O–H groups in total. The van der Waals surface area contributed by atoms with Crippen LogP contribution in [0.5, 0.6) is 5.75 Å². The molecule has 7 nitrogen and oxygen atoms in total. The van der Waals surface area contributed by atoms with Gasteiger partial charge >= 0.3 is 0 Å². The Hall–Kier alpha value is -3.42. The Kier molecular flexibility index (Phi) is 4.64. The van der Waals surface area contributed by atoms with Gasteiger partial charge in [-0.1, -0.05) is 0 Å². The van der Waals surface area contributed by atoms with Crippen molar-refractivity contribution < 1.29 is 13.9 Å². The molecule has 3 aliphatic rings. The van der Waals surface area contributed by atoms with Crippen LogP contribution < -0.4 is 10.3 Å². The quantitative estimate of drug-likeness (QED) is 0.615. The zero-order valence-corrected chi connectivity index (χ0v) is 18.5. The number of aryl methyl sites for hydroxylation is 1. The van der Waals surface area contributed by atoms with Gasteiger partial charge in [-0.3, -0.25) is 9.59 Å². The molecule has 6 rings (SSSR count). The van der Waals surface area contributed by atoms with Crippen LogP contribution in [0.4, 0.5) is 4.39 Å². The van der Waals surface area contributed by atoms with E-state index in [2.05, 4.69) is 4.98 Å². The molecule has 1 amide bonds. The van der Waals surface area contributed by atoms with Gasteiger partial charge in [0.1, 0.15) is 29.1 Å². The van der Waals surface area contributed by atoms with Crippen molar-refractivity contribution in [3.05, 3.63) is 75.5 Å². The van der Waals surface area contributed by atoms with Crippen LogP contribution in [0.3, 0.4) is 0 Å². The van der Waals surface area contributed by atoms with Crippen molar-refractivity contribution in [2.75, 3.05) is 6.54 Å². The van der Waals surface area contributed by atoms with Crippen molar-refractivity contribution in [2.24, 2.45) is 0 Å². The van der Waals surface area contributed by atoms with Crippen LogP contribution >= 0.6 is 0 Å². The first-order chi connectivity index (χ1) is 16.0. The first kappa shape index (κ1) is 20.2. The van der Waals surface area contributed by atoms with Crippen LogP contribution in [-0.2, 0) is 19.4 Å². The molecule has 2 aliphatic carbocycles. The van der Waals surface area contributed by atoms with E-state index in [0.29, 0.717) is 24.5 Å². The van der Waals surface area contributed by atoms with Gasteiger partial charge in [0.2, 0.25) is 0 Å². The number of carbonyl (C=O) groups is 1. The first-order valence-corrected chi connectivity index (χ1v) is 11.5. The van der Waals surface area contributed by atoms with Crippen LogP contribution in [0.15, 0.2) is 41.6 Å². The molecular weight excluding hydrogens is 423 g/mol. The minimum absolute atomic E-state index is 0.0422. The first-order valence-electron chi connectivity index (χ1n) is 11.5. The molecule has 0 bridgehead atoms. The number of halogens is 1. The average Bonchev–Trinajstić information content (AvgIpc) is 3.45. The molecule has 1 saturated carbocycles. The second-order valence-electron chi connectivity index (χ2n) is 9.14. The molecule has 1 aromatic carbocycles. The Bertz CT molecular complexity index is 1330. The highest BCUT2D eigenvalue weighted by Crippen LogP contribution is 2.37. The topological polar surface area (TPSA) is 69.4 Å². The van der Waals surface area contributed by atoms with Crippen LogP contribution in [0.1, 0.15) is 46.6 Å². The Morgan fingerprint density at radius 1 is 1.06 bits per heavy atom. The number of rotatable bonds is 4. The maximum Gasteiger partial charge on any atom is 0.275 e. The smallest absolute Gasteiger partial charge is 0.275 e. The molecule has 0 spiro atoms. The van der Waals surface area contributed by atoms with Gasteiger partial charge in [-0.2, -0.15) is 0 Å². The number of ether oxygens (including phenoxy) is 1. The summed E-state index contributed by atoms with van der Waals surface area (Å²) in [6.45, 7) is 2.77. The third-order valence-electron chi connectivity index (χ3n) is 7.23. The molecule has 1 aliphatic heterocycles. The number of nitrogens with zero attached hydrogens (tertiary/aromatic N) is 4. The summed E-state index contributed by atoms with van der Waals surface area (Å²) < 4.78 is 23.7. The van der Waals surface area contributed by atoms with Gasteiger partial charge < -0.3 is 18.8 Å². The predicted molar refractivity (Wildman–Crippen MR) is 119 cm³/mol. The van der Waals surface area contributed by atoms with E-state index >= 15 is 0 Å². The lowest BCUT2D eigenvalue weighted by atomic mass is 9.86. The lowest BCUT2D eigenvalue weighted by molar-refractivity contribution is -0.00582. The largest absolute Gasteiger partial charge is 0.488 e. The molecule has 33 heavy (non-hydrogen) atoms. The molecule has 3 heterocycles. The minimum atomic E-state index is -0.193. The Labute approximate surface area is 190 Å². The van der Waals surface area contributed by atoms with Gasteiger partial charge in [-0.25, -0.2) is 9.37 Å². The van der Waals surface area contributed by atoms with Crippen molar-refractivity contribution in [3.63, 3.8) is 0 Å². The van der Waals surface area contributed by atoms with E-state index in [4.69, 9.17) is 4.74 Å². The van der Waals surface area contributed by atoms with Gasteiger partial charge in [0.25, 0.3) is 11.5 Å². The summed E-state index contributed by atoms with van der Waals surface area (Å²) in [6.07, 6.45) is 7.53. The molecule has 1 fully saturated rings. The number of aromatic nitrogens is 3. The maximum atomic E-state index is 14.1. The Morgan fingerprint density at radius 2 is 1.91 bits per heavy atom. The number of hydrogen-bond donors (Lipinski definition) is 0. The molecule has 3 aromatic rings. The summed E-state index contributed by atoms with van der Waals surface area (Å²) >= 11 is 0. The van der Waals surface area contributed by atoms with Crippen LogP contribution in [0.2, 0.25) is 0 Å². The zero-order chi connectivity index (χ0) is 22.7. The SMILES string of the molecule is Cc1cn(-c2ccc3n(c2=O)CCN(C2CCC2Oc2ccc(F)c4c2CCC4)C3=O)cn1. The van der Waals surface area contributed by atoms with Crippen molar-refractivity contribution >= 4 is 5.91 Å². The van der Waals surface area contributed by atoms with Crippen LogP contribution in [0, 0.1) is 12.7 Å². The number of hydrogen-bond acceptors (Lipinski definition) is 4. The summed E-state index contributed by atoms with van der Waals surface area (Å²) in [5.41, 5.74) is 3.26. The van der Waals surface area contributed by atoms with Crippen molar-refractivity contribution in [2.45, 2.75) is 57.7 Å². The Morgan fingerprint density at radius 3 is 2.67 bits per heavy atom. The molecule has 170 valence electrons. The van der Waals surface area contributed by atoms with E-state index in [1.165, 1.54) is 6.07 Å². The average molecular weight is 448 g/mol. The predicted octanol–water partition coefficient (Wildman–Crippen LogP) is 3.04. The highest BCUT2D eigenvalue weighted by Gasteiger charge is 2.42.